The number of phenolic OH excluding ortho intramolecular Hbond substituents is 3. The van der Waals surface area contributed by atoms with Crippen LogP contribution in [0.2, 0.25) is 0 Å². The fraction of sp³-hybridized carbons (Fsp3) is 0. The van der Waals surface area contributed by atoms with Crippen molar-refractivity contribution in [2.75, 3.05) is 0 Å². The van der Waals surface area contributed by atoms with Crippen LogP contribution in [0, 0.1) is 0 Å². The highest BCUT2D eigenvalue weighted by Crippen LogP contribution is 2.26. The van der Waals surface area contributed by atoms with Gasteiger partial charge in [0.2, 0.25) is 0 Å². The van der Waals surface area contributed by atoms with Crippen LogP contribution in [0.5, 0.6) is 17.2 Å². The molecular weight excluding hydrogens is 268 g/mol. The average molecular weight is 280 g/mol. The van der Waals surface area contributed by atoms with Crippen LogP contribution >= 0.6 is 0 Å². The van der Waals surface area contributed by atoms with Gasteiger partial charge in [0.05, 0.1) is 0 Å². The number of benzene rings is 2. The number of hydrogen-bond donors (Lipinski definition) is 3. The highest BCUT2D eigenvalue weighted by Gasteiger charge is 2.02. The maximum atomic E-state index is 9.77. The number of para-hydroxylation sites is 1. The SMILES string of the molecule is Oc1ccc(/C=C/c2ncc3cccc(O)c3n2)cc1O. The van der Waals surface area contributed by atoms with Crippen molar-refractivity contribution in [3.63, 3.8) is 0 Å². The third-order valence-corrected chi connectivity index (χ3v) is 3.03. The summed E-state index contributed by atoms with van der Waals surface area (Å²) in [6.07, 6.45) is 5.01. The molecule has 0 unspecified atom stereocenters. The van der Waals surface area contributed by atoms with Crippen LogP contribution in [-0.2, 0) is 0 Å². The van der Waals surface area contributed by atoms with E-state index in [-0.39, 0.29) is 17.2 Å². The molecule has 0 aliphatic heterocycles. The molecule has 1 heterocycles. The van der Waals surface area contributed by atoms with Crippen LogP contribution < -0.4 is 0 Å². The molecule has 0 spiro atoms. The molecule has 3 aromatic rings. The van der Waals surface area contributed by atoms with Gasteiger partial charge in [0, 0.05) is 11.6 Å². The fourth-order valence-corrected chi connectivity index (χ4v) is 1.95. The van der Waals surface area contributed by atoms with Gasteiger partial charge in [-0.1, -0.05) is 24.3 Å². The van der Waals surface area contributed by atoms with Crippen molar-refractivity contribution in [3.05, 3.63) is 54.0 Å². The van der Waals surface area contributed by atoms with Crippen molar-refractivity contribution < 1.29 is 15.3 Å². The minimum Gasteiger partial charge on any atom is -0.506 e. The molecule has 0 aliphatic rings. The first-order chi connectivity index (χ1) is 10.1. The summed E-state index contributed by atoms with van der Waals surface area (Å²) < 4.78 is 0. The van der Waals surface area contributed by atoms with Gasteiger partial charge in [-0.25, -0.2) is 9.97 Å². The Balaban J connectivity index is 1.95. The Kier molecular flexibility index (Phi) is 3.16. The third kappa shape index (κ3) is 2.62. The van der Waals surface area contributed by atoms with E-state index < -0.39 is 0 Å². The van der Waals surface area contributed by atoms with E-state index in [0.29, 0.717) is 16.9 Å². The zero-order chi connectivity index (χ0) is 14.8. The minimum absolute atomic E-state index is 0.104. The van der Waals surface area contributed by atoms with Gasteiger partial charge in [-0.2, -0.15) is 0 Å². The van der Waals surface area contributed by atoms with E-state index in [0.717, 1.165) is 5.39 Å². The molecule has 5 heteroatoms. The average Bonchev–Trinajstić information content (AvgIpc) is 2.49. The molecule has 3 N–H and O–H groups in total. The molecule has 0 fully saturated rings. The maximum absolute atomic E-state index is 9.77. The number of nitrogens with zero attached hydrogens (tertiary/aromatic N) is 2. The van der Waals surface area contributed by atoms with Gasteiger partial charge < -0.3 is 15.3 Å². The number of hydrogen-bond acceptors (Lipinski definition) is 5. The molecule has 0 aliphatic carbocycles. The Labute approximate surface area is 120 Å². The molecule has 0 saturated carbocycles. The van der Waals surface area contributed by atoms with E-state index in [2.05, 4.69) is 9.97 Å². The van der Waals surface area contributed by atoms with E-state index in [1.165, 1.54) is 12.1 Å². The lowest BCUT2D eigenvalue weighted by Gasteiger charge is -2.01. The summed E-state index contributed by atoms with van der Waals surface area (Å²) in [5.74, 6) is 0.191. The van der Waals surface area contributed by atoms with Gasteiger partial charge in [-0.15, -0.1) is 0 Å². The monoisotopic (exact) mass is 280 g/mol. The van der Waals surface area contributed by atoms with Crippen LogP contribution in [0.4, 0.5) is 0 Å². The normalized spacial score (nSPS) is 11.2. The fourth-order valence-electron chi connectivity index (χ4n) is 1.95. The zero-order valence-electron chi connectivity index (χ0n) is 10.9. The second-order valence-electron chi connectivity index (χ2n) is 4.52. The van der Waals surface area contributed by atoms with E-state index in [9.17, 15) is 15.3 Å². The Hall–Kier alpha value is -3.08. The Morgan fingerprint density at radius 3 is 2.52 bits per heavy atom. The lowest BCUT2D eigenvalue weighted by Crippen LogP contribution is -1.88. The second-order valence-corrected chi connectivity index (χ2v) is 4.52. The smallest absolute Gasteiger partial charge is 0.157 e. The van der Waals surface area contributed by atoms with Crippen molar-refractivity contribution in [2.24, 2.45) is 0 Å². The first kappa shape index (κ1) is 12.9. The van der Waals surface area contributed by atoms with Crippen molar-refractivity contribution in [1.29, 1.82) is 0 Å². The Morgan fingerprint density at radius 2 is 1.71 bits per heavy atom. The third-order valence-electron chi connectivity index (χ3n) is 3.03. The number of rotatable bonds is 2. The number of aromatic hydroxyl groups is 3. The lowest BCUT2D eigenvalue weighted by molar-refractivity contribution is 0.403. The van der Waals surface area contributed by atoms with Crippen LogP contribution in [0.1, 0.15) is 11.4 Å². The number of fused-ring (bicyclic) bond motifs is 1. The van der Waals surface area contributed by atoms with Gasteiger partial charge in [-0.3, -0.25) is 0 Å². The standard InChI is InChI=1S/C16H12N2O3/c19-12-6-4-10(8-14(12)21)5-7-15-17-9-11-2-1-3-13(20)16(11)18-15/h1-9,19-21H/b7-5+. The quantitative estimate of drug-likeness (QED) is 0.628. The van der Waals surface area contributed by atoms with E-state index >= 15 is 0 Å². The van der Waals surface area contributed by atoms with Crippen molar-refractivity contribution in [3.8, 4) is 17.2 Å². The van der Waals surface area contributed by atoms with Crippen LogP contribution in [0.25, 0.3) is 23.1 Å². The molecule has 0 saturated heterocycles. The largest absolute Gasteiger partial charge is 0.506 e. The van der Waals surface area contributed by atoms with Gasteiger partial charge in [0.25, 0.3) is 0 Å². The van der Waals surface area contributed by atoms with E-state index in [1.807, 2.05) is 6.07 Å². The maximum Gasteiger partial charge on any atom is 0.157 e. The van der Waals surface area contributed by atoms with Gasteiger partial charge in [-0.05, 0) is 29.8 Å². The summed E-state index contributed by atoms with van der Waals surface area (Å²) in [6, 6.07) is 9.62. The molecule has 0 radical (unpaired) electrons. The highest BCUT2D eigenvalue weighted by molar-refractivity contribution is 5.84. The molecule has 2 aromatic carbocycles. The summed E-state index contributed by atoms with van der Waals surface area (Å²) in [7, 11) is 0. The summed E-state index contributed by atoms with van der Waals surface area (Å²) in [6.45, 7) is 0. The van der Waals surface area contributed by atoms with Gasteiger partial charge >= 0.3 is 0 Å². The summed E-state index contributed by atoms with van der Waals surface area (Å²) in [5.41, 5.74) is 1.19. The molecular formula is C16H12N2O3. The van der Waals surface area contributed by atoms with Crippen molar-refractivity contribution in [2.45, 2.75) is 0 Å². The molecule has 5 nitrogen and oxygen atoms in total. The predicted octanol–water partition coefficient (Wildman–Crippen LogP) is 2.92. The topological polar surface area (TPSA) is 86.5 Å². The van der Waals surface area contributed by atoms with E-state index in [1.54, 1.807) is 36.5 Å². The molecule has 21 heavy (non-hydrogen) atoms. The van der Waals surface area contributed by atoms with Crippen LogP contribution in [-0.4, -0.2) is 25.3 Å². The summed E-state index contributed by atoms with van der Waals surface area (Å²) >= 11 is 0. The summed E-state index contributed by atoms with van der Waals surface area (Å²) in [4.78, 5) is 8.45. The van der Waals surface area contributed by atoms with Crippen LogP contribution in [0.15, 0.2) is 42.6 Å². The lowest BCUT2D eigenvalue weighted by atomic mass is 10.2. The number of aromatic nitrogens is 2. The van der Waals surface area contributed by atoms with Crippen molar-refractivity contribution in [1.82, 2.24) is 9.97 Å². The molecule has 0 amide bonds. The Morgan fingerprint density at radius 1 is 0.857 bits per heavy atom. The highest BCUT2D eigenvalue weighted by atomic mass is 16.3. The molecule has 3 rings (SSSR count). The minimum atomic E-state index is -0.186. The Bertz CT molecular complexity index is 844. The molecule has 1 aromatic heterocycles. The first-order valence-corrected chi connectivity index (χ1v) is 6.28. The van der Waals surface area contributed by atoms with Crippen molar-refractivity contribution >= 4 is 23.1 Å². The summed E-state index contributed by atoms with van der Waals surface area (Å²) in [5, 5.41) is 29.2. The molecule has 0 atom stereocenters. The van der Waals surface area contributed by atoms with Crippen LogP contribution in [0.3, 0.4) is 0 Å². The zero-order valence-corrected chi connectivity index (χ0v) is 10.9. The van der Waals surface area contributed by atoms with Gasteiger partial charge in [0.1, 0.15) is 11.3 Å². The van der Waals surface area contributed by atoms with Gasteiger partial charge in [0.15, 0.2) is 17.3 Å². The predicted molar refractivity (Wildman–Crippen MR) is 79.9 cm³/mol. The van der Waals surface area contributed by atoms with E-state index in [4.69, 9.17) is 0 Å². The number of phenols is 3. The molecule has 0 bridgehead atoms. The second kappa shape index (κ2) is 5.13. The first-order valence-electron chi connectivity index (χ1n) is 6.28. The molecule has 104 valence electrons.